The van der Waals surface area contributed by atoms with Gasteiger partial charge in [-0.1, -0.05) is 30.0 Å². The zero-order valence-corrected chi connectivity index (χ0v) is 11.4. The second-order valence-electron chi connectivity index (χ2n) is 4.28. The predicted octanol–water partition coefficient (Wildman–Crippen LogP) is 1.47. The SMILES string of the molecule is CC1CCCN(C(=O)CSc2nnc(N)s2)C1. The van der Waals surface area contributed by atoms with Gasteiger partial charge in [0.2, 0.25) is 11.0 Å². The number of carbonyl (C=O) groups is 1. The lowest BCUT2D eigenvalue weighted by Gasteiger charge is -2.30. The zero-order chi connectivity index (χ0) is 12.3. The van der Waals surface area contributed by atoms with Crippen molar-refractivity contribution in [2.24, 2.45) is 5.92 Å². The summed E-state index contributed by atoms with van der Waals surface area (Å²) < 4.78 is 0.765. The molecule has 0 spiro atoms. The summed E-state index contributed by atoms with van der Waals surface area (Å²) in [4.78, 5) is 13.9. The highest BCUT2D eigenvalue weighted by Gasteiger charge is 2.21. The molecular formula is C10H16N4OS2. The summed E-state index contributed by atoms with van der Waals surface area (Å²) >= 11 is 2.74. The Hall–Kier alpha value is -0.820. The Morgan fingerprint density at radius 3 is 3.12 bits per heavy atom. The van der Waals surface area contributed by atoms with Crippen molar-refractivity contribution >= 4 is 34.1 Å². The minimum atomic E-state index is 0.190. The second kappa shape index (κ2) is 5.68. The molecule has 0 aliphatic carbocycles. The molecule has 5 nitrogen and oxygen atoms in total. The van der Waals surface area contributed by atoms with Gasteiger partial charge in [0, 0.05) is 13.1 Å². The van der Waals surface area contributed by atoms with Crippen LogP contribution < -0.4 is 5.73 Å². The molecule has 1 amide bonds. The number of thioether (sulfide) groups is 1. The number of amides is 1. The van der Waals surface area contributed by atoms with Crippen molar-refractivity contribution in [3.8, 4) is 0 Å². The van der Waals surface area contributed by atoms with E-state index >= 15 is 0 Å². The van der Waals surface area contributed by atoms with Crippen molar-refractivity contribution in [1.82, 2.24) is 15.1 Å². The molecule has 17 heavy (non-hydrogen) atoms. The van der Waals surface area contributed by atoms with Crippen LogP contribution >= 0.6 is 23.1 Å². The maximum absolute atomic E-state index is 12.0. The number of aromatic nitrogens is 2. The molecule has 7 heteroatoms. The standard InChI is InChI=1S/C10H16N4OS2/c1-7-3-2-4-14(5-7)8(15)6-16-10-13-12-9(11)17-10/h7H,2-6H2,1H3,(H2,11,12). The van der Waals surface area contributed by atoms with Crippen LogP contribution in [-0.2, 0) is 4.79 Å². The average molecular weight is 272 g/mol. The van der Waals surface area contributed by atoms with Crippen molar-refractivity contribution in [1.29, 1.82) is 0 Å². The molecule has 2 N–H and O–H groups in total. The lowest BCUT2D eigenvalue weighted by atomic mass is 10.0. The van der Waals surface area contributed by atoms with Gasteiger partial charge in [-0.15, -0.1) is 10.2 Å². The van der Waals surface area contributed by atoms with E-state index in [2.05, 4.69) is 17.1 Å². The van der Waals surface area contributed by atoms with Crippen LogP contribution in [0.25, 0.3) is 0 Å². The fourth-order valence-electron chi connectivity index (χ4n) is 1.91. The van der Waals surface area contributed by atoms with E-state index in [4.69, 9.17) is 5.73 Å². The van der Waals surface area contributed by atoms with E-state index in [1.807, 2.05) is 4.90 Å². The third-order valence-electron chi connectivity index (χ3n) is 2.75. The van der Waals surface area contributed by atoms with Crippen molar-refractivity contribution in [3.05, 3.63) is 0 Å². The van der Waals surface area contributed by atoms with Gasteiger partial charge in [-0.05, 0) is 18.8 Å². The number of nitrogen functional groups attached to an aromatic ring is 1. The molecule has 1 aliphatic heterocycles. The lowest BCUT2D eigenvalue weighted by Crippen LogP contribution is -2.40. The fraction of sp³-hybridized carbons (Fsp3) is 0.700. The van der Waals surface area contributed by atoms with E-state index in [1.165, 1.54) is 29.5 Å². The molecule has 1 aromatic rings. The number of nitrogens with zero attached hydrogens (tertiary/aromatic N) is 3. The van der Waals surface area contributed by atoms with Gasteiger partial charge in [0.15, 0.2) is 4.34 Å². The van der Waals surface area contributed by atoms with Gasteiger partial charge < -0.3 is 10.6 Å². The molecule has 1 fully saturated rings. The molecule has 2 rings (SSSR count). The van der Waals surface area contributed by atoms with Crippen LogP contribution in [0.2, 0.25) is 0 Å². The first kappa shape index (κ1) is 12.6. The number of nitrogens with two attached hydrogens (primary N) is 1. The van der Waals surface area contributed by atoms with Crippen molar-refractivity contribution in [2.45, 2.75) is 24.1 Å². The smallest absolute Gasteiger partial charge is 0.233 e. The summed E-state index contributed by atoms with van der Waals surface area (Å²) in [6, 6.07) is 0. The molecule has 1 atom stereocenters. The van der Waals surface area contributed by atoms with Crippen LogP contribution in [0, 0.1) is 5.92 Å². The maximum atomic E-state index is 12.0. The monoisotopic (exact) mass is 272 g/mol. The number of likely N-dealkylation sites (tertiary alicyclic amines) is 1. The largest absolute Gasteiger partial charge is 0.374 e. The van der Waals surface area contributed by atoms with E-state index in [0.717, 1.165) is 23.8 Å². The van der Waals surface area contributed by atoms with E-state index in [-0.39, 0.29) is 5.91 Å². The van der Waals surface area contributed by atoms with Gasteiger partial charge in [-0.2, -0.15) is 0 Å². The summed E-state index contributed by atoms with van der Waals surface area (Å²) in [7, 11) is 0. The summed E-state index contributed by atoms with van der Waals surface area (Å²) in [5.74, 6) is 1.24. The maximum Gasteiger partial charge on any atom is 0.233 e. The molecule has 94 valence electrons. The van der Waals surface area contributed by atoms with Crippen molar-refractivity contribution < 1.29 is 4.79 Å². The van der Waals surface area contributed by atoms with Gasteiger partial charge in [-0.25, -0.2) is 0 Å². The van der Waals surface area contributed by atoms with Crippen LogP contribution in [0.5, 0.6) is 0 Å². The summed E-state index contributed by atoms with van der Waals surface area (Å²) in [6.07, 6.45) is 2.34. The van der Waals surface area contributed by atoms with Crippen LogP contribution in [0.1, 0.15) is 19.8 Å². The molecule has 0 saturated carbocycles. The van der Waals surface area contributed by atoms with Gasteiger partial charge in [0.05, 0.1) is 5.75 Å². The number of rotatable bonds is 3. The average Bonchev–Trinajstić information content (AvgIpc) is 2.72. The summed E-state index contributed by atoms with van der Waals surface area (Å²) in [6.45, 7) is 3.97. The molecule has 0 bridgehead atoms. The molecule has 0 radical (unpaired) electrons. The Bertz CT molecular complexity index is 395. The first-order chi connectivity index (χ1) is 8.15. The Balaban J connectivity index is 1.80. The summed E-state index contributed by atoms with van der Waals surface area (Å²) in [5.41, 5.74) is 5.48. The molecule has 0 aromatic carbocycles. The Morgan fingerprint density at radius 2 is 2.47 bits per heavy atom. The highest BCUT2D eigenvalue weighted by molar-refractivity contribution is 8.01. The Morgan fingerprint density at radius 1 is 1.65 bits per heavy atom. The number of hydrogen-bond donors (Lipinski definition) is 1. The first-order valence-corrected chi connectivity index (χ1v) is 7.45. The zero-order valence-electron chi connectivity index (χ0n) is 9.76. The minimum absolute atomic E-state index is 0.190. The van der Waals surface area contributed by atoms with E-state index in [0.29, 0.717) is 16.8 Å². The van der Waals surface area contributed by atoms with Crippen LogP contribution in [0.3, 0.4) is 0 Å². The topological polar surface area (TPSA) is 72.1 Å². The first-order valence-electron chi connectivity index (χ1n) is 5.64. The lowest BCUT2D eigenvalue weighted by molar-refractivity contribution is -0.130. The van der Waals surface area contributed by atoms with Crippen molar-refractivity contribution in [2.75, 3.05) is 24.6 Å². The number of hydrogen-bond acceptors (Lipinski definition) is 6. The number of carbonyl (C=O) groups excluding carboxylic acids is 1. The third-order valence-corrected chi connectivity index (χ3v) is 4.62. The van der Waals surface area contributed by atoms with E-state index < -0.39 is 0 Å². The van der Waals surface area contributed by atoms with Gasteiger partial charge in [-0.3, -0.25) is 4.79 Å². The van der Waals surface area contributed by atoms with Crippen LogP contribution in [0.4, 0.5) is 5.13 Å². The van der Waals surface area contributed by atoms with Gasteiger partial charge in [0.1, 0.15) is 0 Å². The normalized spacial score (nSPS) is 20.5. The van der Waals surface area contributed by atoms with Gasteiger partial charge >= 0.3 is 0 Å². The van der Waals surface area contributed by atoms with E-state index in [9.17, 15) is 4.79 Å². The Labute approximate surface area is 109 Å². The molecule has 1 saturated heterocycles. The van der Waals surface area contributed by atoms with Crippen LogP contribution in [-0.4, -0.2) is 39.8 Å². The number of anilines is 1. The minimum Gasteiger partial charge on any atom is -0.374 e. The Kier molecular flexibility index (Phi) is 4.22. The molecule has 1 unspecified atom stereocenters. The number of piperidine rings is 1. The van der Waals surface area contributed by atoms with Crippen molar-refractivity contribution in [3.63, 3.8) is 0 Å². The molecular weight excluding hydrogens is 256 g/mol. The third kappa shape index (κ3) is 3.57. The van der Waals surface area contributed by atoms with E-state index in [1.54, 1.807) is 0 Å². The molecule has 1 aromatic heterocycles. The fourth-order valence-corrected chi connectivity index (χ4v) is 3.45. The highest BCUT2D eigenvalue weighted by atomic mass is 32.2. The molecule has 2 heterocycles. The quantitative estimate of drug-likeness (QED) is 0.844. The summed E-state index contributed by atoms with van der Waals surface area (Å²) in [5, 5.41) is 8.05. The van der Waals surface area contributed by atoms with Crippen LogP contribution in [0.15, 0.2) is 4.34 Å². The molecule has 1 aliphatic rings. The highest BCUT2D eigenvalue weighted by Crippen LogP contribution is 2.24. The second-order valence-corrected chi connectivity index (χ2v) is 6.51. The van der Waals surface area contributed by atoms with Gasteiger partial charge in [0.25, 0.3) is 0 Å². The predicted molar refractivity (Wildman–Crippen MR) is 70.0 cm³/mol.